The third-order valence-electron chi connectivity index (χ3n) is 3.25. The van der Waals surface area contributed by atoms with Gasteiger partial charge in [0.25, 0.3) is 0 Å². The third kappa shape index (κ3) is 2.81. The number of sulfonamides is 1. The lowest BCUT2D eigenvalue weighted by atomic mass is 9.92. The van der Waals surface area contributed by atoms with Gasteiger partial charge in [0.05, 0.1) is 6.26 Å². The van der Waals surface area contributed by atoms with E-state index >= 15 is 0 Å². The summed E-state index contributed by atoms with van der Waals surface area (Å²) in [5, 5.41) is 0. The molecule has 0 spiro atoms. The zero-order chi connectivity index (χ0) is 12.5. The van der Waals surface area contributed by atoms with Crippen LogP contribution in [0.1, 0.15) is 30.0 Å². The van der Waals surface area contributed by atoms with Gasteiger partial charge in [-0.05, 0) is 25.3 Å². The van der Waals surface area contributed by atoms with Crippen LogP contribution in [-0.2, 0) is 10.0 Å². The molecule has 2 heterocycles. The molecular formula is C11H17N3O2S. The highest BCUT2D eigenvalue weighted by Gasteiger charge is 2.27. The van der Waals surface area contributed by atoms with Gasteiger partial charge in [-0.1, -0.05) is 0 Å². The molecule has 17 heavy (non-hydrogen) atoms. The molecule has 2 rings (SSSR count). The van der Waals surface area contributed by atoms with E-state index in [0.717, 1.165) is 24.1 Å². The summed E-state index contributed by atoms with van der Waals surface area (Å²) in [6, 6.07) is 0. The number of nitrogens with zero attached hydrogens (tertiary/aromatic N) is 3. The largest absolute Gasteiger partial charge is 0.245 e. The molecule has 0 aliphatic carbocycles. The van der Waals surface area contributed by atoms with Gasteiger partial charge in [-0.2, -0.15) is 0 Å². The van der Waals surface area contributed by atoms with Crippen LogP contribution in [0.25, 0.3) is 0 Å². The Kier molecular flexibility index (Phi) is 3.44. The molecule has 0 aromatic carbocycles. The monoisotopic (exact) mass is 255 g/mol. The summed E-state index contributed by atoms with van der Waals surface area (Å²) in [4.78, 5) is 8.29. The minimum atomic E-state index is -3.04. The topological polar surface area (TPSA) is 63.2 Å². The van der Waals surface area contributed by atoms with Crippen molar-refractivity contribution in [3.8, 4) is 0 Å². The summed E-state index contributed by atoms with van der Waals surface area (Å²) in [6.45, 7) is 3.18. The SMILES string of the molecule is Cc1cncnc1C1CCN(S(C)(=O)=O)CC1. The van der Waals surface area contributed by atoms with E-state index in [-0.39, 0.29) is 0 Å². The van der Waals surface area contributed by atoms with E-state index < -0.39 is 10.0 Å². The fourth-order valence-corrected chi connectivity index (χ4v) is 3.17. The van der Waals surface area contributed by atoms with E-state index in [1.54, 1.807) is 10.6 Å². The second-order valence-corrected chi connectivity index (χ2v) is 6.51. The average Bonchev–Trinajstić information content (AvgIpc) is 2.29. The van der Waals surface area contributed by atoms with E-state index in [9.17, 15) is 8.42 Å². The first kappa shape index (κ1) is 12.4. The summed E-state index contributed by atoms with van der Waals surface area (Å²) < 4.78 is 24.3. The molecule has 1 saturated heterocycles. The third-order valence-corrected chi connectivity index (χ3v) is 4.55. The quantitative estimate of drug-likeness (QED) is 0.788. The fourth-order valence-electron chi connectivity index (χ4n) is 2.30. The molecule has 0 N–H and O–H groups in total. The van der Waals surface area contributed by atoms with Crippen molar-refractivity contribution in [2.45, 2.75) is 25.7 Å². The van der Waals surface area contributed by atoms with Gasteiger partial charge in [0.1, 0.15) is 6.33 Å². The number of aromatic nitrogens is 2. The second-order valence-electron chi connectivity index (χ2n) is 4.53. The van der Waals surface area contributed by atoms with Crippen LogP contribution in [0.5, 0.6) is 0 Å². The second kappa shape index (κ2) is 4.70. The molecule has 0 radical (unpaired) electrons. The maximum absolute atomic E-state index is 11.4. The van der Waals surface area contributed by atoms with E-state index in [1.807, 2.05) is 13.1 Å². The van der Waals surface area contributed by atoms with Crippen LogP contribution < -0.4 is 0 Å². The van der Waals surface area contributed by atoms with Crippen LogP contribution in [0.2, 0.25) is 0 Å². The molecule has 1 fully saturated rings. The maximum Gasteiger partial charge on any atom is 0.211 e. The highest BCUT2D eigenvalue weighted by molar-refractivity contribution is 7.88. The van der Waals surface area contributed by atoms with Gasteiger partial charge < -0.3 is 0 Å². The van der Waals surface area contributed by atoms with Crippen molar-refractivity contribution < 1.29 is 8.42 Å². The normalized spacial score (nSPS) is 19.4. The van der Waals surface area contributed by atoms with E-state index in [0.29, 0.717) is 19.0 Å². The van der Waals surface area contributed by atoms with Gasteiger partial charge >= 0.3 is 0 Å². The van der Waals surface area contributed by atoms with Crippen molar-refractivity contribution in [3.63, 3.8) is 0 Å². The van der Waals surface area contributed by atoms with E-state index in [2.05, 4.69) is 9.97 Å². The van der Waals surface area contributed by atoms with Gasteiger partial charge in [-0.3, -0.25) is 0 Å². The Balaban J connectivity index is 2.08. The van der Waals surface area contributed by atoms with Gasteiger partial charge in [0.15, 0.2) is 0 Å². The molecule has 1 aliphatic rings. The lowest BCUT2D eigenvalue weighted by Crippen LogP contribution is -2.37. The van der Waals surface area contributed by atoms with Crippen molar-refractivity contribution in [2.24, 2.45) is 0 Å². The molecule has 0 saturated carbocycles. The molecule has 0 atom stereocenters. The van der Waals surface area contributed by atoms with Gasteiger partial charge in [0.2, 0.25) is 10.0 Å². The zero-order valence-electron chi connectivity index (χ0n) is 10.1. The average molecular weight is 255 g/mol. The minimum absolute atomic E-state index is 0.357. The molecule has 6 heteroatoms. The van der Waals surface area contributed by atoms with Crippen molar-refractivity contribution in [1.82, 2.24) is 14.3 Å². The number of rotatable bonds is 2. The van der Waals surface area contributed by atoms with Crippen molar-refractivity contribution in [2.75, 3.05) is 19.3 Å². The summed E-state index contributed by atoms with van der Waals surface area (Å²) in [7, 11) is -3.04. The van der Waals surface area contributed by atoms with Crippen LogP contribution in [0.3, 0.4) is 0 Å². The predicted molar refractivity (Wildman–Crippen MR) is 65.2 cm³/mol. The van der Waals surface area contributed by atoms with Gasteiger partial charge in [0, 0.05) is 30.9 Å². The van der Waals surface area contributed by atoms with E-state index in [1.165, 1.54) is 6.26 Å². The lowest BCUT2D eigenvalue weighted by Gasteiger charge is -2.30. The van der Waals surface area contributed by atoms with E-state index in [4.69, 9.17) is 0 Å². The molecule has 1 aliphatic heterocycles. The Bertz CT molecular complexity index is 493. The molecule has 1 aromatic rings. The Morgan fingerprint density at radius 2 is 2.00 bits per heavy atom. The molecule has 1 aromatic heterocycles. The molecule has 0 bridgehead atoms. The number of hydrogen-bond donors (Lipinski definition) is 0. The minimum Gasteiger partial charge on any atom is -0.245 e. The number of piperidine rings is 1. The fraction of sp³-hybridized carbons (Fsp3) is 0.636. The molecule has 0 amide bonds. The van der Waals surface area contributed by atoms with Crippen LogP contribution in [0.15, 0.2) is 12.5 Å². The van der Waals surface area contributed by atoms with Crippen LogP contribution in [0.4, 0.5) is 0 Å². The highest BCUT2D eigenvalue weighted by Crippen LogP contribution is 2.28. The Morgan fingerprint density at radius 3 is 2.53 bits per heavy atom. The van der Waals surface area contributed by atoms with Crippen molar-refractivity contribution in [3.05, 3.63) is 23.8 Å². The zero-order valence-corrected chi connectivity index (χ0v) is 10.9. The Labute approximate surface area is 102 Å². The van der Waals surface area contributed by atoms with Gasteiger partial charge in [-0.15, -0.1) is 0 Å². The summed E-state index contributed by atoms with van der Waals surface area (Å²) in [6.07, 6.45) is 6.32. The summed E-state index contributed by atoms with van der Waals surface area (Å²) in [5.74, 6) is 0.357. The maximum atomic E-state index is 11.4. The Morgan fingerprint density at radius 1 is 1.35 bits per heavy atom. The van der Waals surface area contributed by atoms with Crippen LogP contribution in [-0.4, -0.2) is 42.0 Å². The molecule has 0 unspecified atom stereocenters. The predicted octanol–water partition coefficient (Wildman–Crippen LogP) is 0.924. The summed E-state index contributed by atoms with van der Waals surface area (Å²) >= 11 is 0. The highest BCUT2D eigenvalue weighted by atomic mass is 32.2. The molecule has 5 nitrogen and oxygen atoms in total. The van der Waals surface area contributed by atoms with Crippen molar-refractivity contribution >= 4 is 10.0 Å². The first-order chi connectivity index (χ1) is 7.98. The molecule has 94 valence electrons. The Hall–Kier alpha value is -1.01. The standard InChI is InChI=1S/C11H17N3O2S/c1-9-7-12-8-13-11(9)10-3-5-14(6-4-10)17(2,15)16/h7-8,10H,3-6H2,1-2H3. The van der Waals surface area contributed by atoms with Crippen LogP contribution >= 0.6 is 0 Å². The van der Waals surface area contributed by atoms with Crippen LogP contribution in [0, 0.1) is 6.92 Å². The number of hydrogen-bond acceptors (Lipinski definition) is 4. The van der Waals surface area contributed by atoms with Crippen molar-refractivity contribution in [1.29, 1.82) is 0 Å². The lowest BCUT2D eigenvalue weighted by molar-refractivity contribution is 0.318. The first-order valence-corrected chi connectivity index (χ1v) is 7.55. The summed E-state index contributed by atoms with van der Waals surface area (Å²) in [5.41, 5.74) is 2.15. The number of aryl methyl sites for hydroxylation is 1. The molecular weight excluding hydrogens is 238 g/mol. The first-order valence-electron chi connectivity index (χ1n) is 5.70. The van der Waals surface area contributed by atoms with Gasteiger partial charge in [-0.25, -0.2) is 22.7 Å². The smallest absolute Gasteiger partial charge is 0.211 e.